The van der Waals surface area contributed by atoms with E-state index in [1.165, 1.54) is 17.0 Å². The molecule has 4 rings (SSSR count). The van der Waals surface area contributed by atoms with Crippen molar-refractivity contribution in [2.24, 2.45) is 0 Å². The minimum absolute atomic E-state index is 0.0811. The highest BCUT2D eigenvalue weighted by Crippen LogP contribution is 2.24. The topological polar surface area (TPSA) is 90.5 Å². The van der Waals surface area contributed by atoms with Crippen LogP contribution in [0.15, 0.2) is 85.1 Å². The Morgan fingerprint density at radius 1 is 0.875 bits per heavy atom. The Hall–Kier alpha value is -4.19. The van der Waals surface area contributed by atoms with Gasteiger partial charge in [-0.25, -0.2) is 4.79 Å². The van der Waals surface area contributed by atoms with Gasteiger partial charge in [-0.05, 0) is 29.8 Å². The van der Waals surface area contributed by atoms with Crippen LogP contribution in [-0.4, -0.2) is 45.7 Å². The van der Waals surface area contributed by atoms with Crippen molar-refractivity contribution in [3.8, 4) is 0 Å². The molecule has 0 aliphatic carbocycles. The number of hydrogen-bond donors (Lipinski definition) is 2. The molecule has 4 aromatic rings. The first kappa shape index (κ1) is 21.1. The second-order valence-electron chi connectivity index (χ2n) is 7.58. The molecule has 0 aliphatic heterocycles. The van der Waals surface area contributed by atoms with E-state index < -0.39 is 17.8 Å². The van der Waals surface area contributed by atoms with Gasteiger partial charge in [0.05, 0.1) is 11.6 Å². The van der Waals surface area contributed by atoms with Crippen molar-refractivity contribution < 1.29 is 19.5 Å². The van der Waals surface area contributed by atoms with Crippen molar-refractivity contribution >= 4 is 28.6 Å². The van der Waals surface area contributed by atoms with Gasteiger partial charge in [-0.15, -0.1) is 0 Å². The van der Waals surface area contributed by atoms with Crippen LogP contribution in [-0.2, 0) is 6.42 Å². The summed E-state index contributed by atoms with van der Waals surface area (Å²) in [5.74, 6) is -1.91. The number of carboxylic acids is 1. The molecule has 0 radical (unpaired) electrons. The molecule has 3 aromatic carbocycles. The van der Waals surface area contributed by atoms with Crippen molar-refractivity contribution in [2.75, 3.05) is 7.05 Å². The molecule has 1 atom stereocenters. The first-order chi connectivity index (χ1) is 15.5. The maximum atomic E-state index is 13.6. The van der Waals surface area contributed by atoms with E-state index in [9.17, 15) is 19.5 Å². The molecule has 0 saturated carbocycles. The van der Waals surface area contributed by atoms with Crippen LogP contribution in [0.5, 0.6) is 0 Å². The molecule has 0 spiro atoms. The molecule has 0 bridgehead atoms. The number of para-hydroxylation sites is 1. The lowest BCUT2D eigenvalue weighted by molar-refractivity contribution is 0.0652. The maximum absolute atomic E-state index is 13.6. The fraction of sp³-hybridized carbons (Fsp3) is 0.115. The zero-order valence-corrected chi connectivity index (χ0v) is 17.5. The molecule has 1 heterocycles. The van der Waals surface area contributed by atoms with Crippen LogP contribution in [0.4, 0.5) is 0 Å². The predicted molar refractivity (Wildman–Crippen MR) is 122 cm³/mol. The molecule has 2 N–H and O–H groups in total. The van der Waals surface area contributed by atoms with Gasteiger partial charge in [0.15, 0.2) is 5.78 Å². The SMILES string of the molecule is CN(C(=O)c1ccccc1)[C@@H](Cc1c[nH]c2ccccc12)C(=O)c1ccccc1C(=O)O. The van der Waals surface area contributed by atoms with Crippen LogP contribution in [0.3, 0.4) is 0 Å². The van der Waals surface area contributed by atoms with Crippen LogP contribution in [0, 0.1) is 0 Å². The number of fused-ring (bicyclic) bond motifs is 1. The third-order valence-corrected chi connectivity index (χ3v) is 5.62. The van der Waals surface area contributed by atoms with Crippen LogP contribution in [0.1, 0.15) is 36.6 Å². The number of Topliss-reactive ketones (excluding diaryl/α,β-unsaturated/α-hetero) is 1. The summed E-state index contributed by atoms with van der Waals surface area (Å²) in [5, 5.41) is 10.5. The number of nitrogens with zero attached hydrogens (tertiary/aromatic N) is 1. The number of likely N-dealkylation sites (N-methyl/N-ethyl adjacent to an activating group) is 1. The summed E-state index contributed by atoms with van der Waals surface area (Å²) in [6, 6.07) is 21.6. The van der Waals surface area contributed by atoms with E-state index in [2.05, 4.69) is 4.98 Å². The summed E-state index contributed by atoms with van der Waals surface area (Å²) in [4.78, 5) is 43.1. The number of benzene rings is 3. The highest BCUT2D eigenvalue weighted by molar-refractivity contribution is 6.10. The summed E-state index contributed by atoms with van der Waals surface area (Å²) in [6.07, 6.45) is 2.07. The van der Waals surface area contributed by atoms with E-state index in [4.69, 9.17) is 0 Å². The van der Waals surface area contributed by atoms with E-state index in [0.29, 0.717) is 5.56 Å². The van der Waals surface area contributed by atoms with Crippen molar-refractivity contribution in [3.63, 3.8) is 0 Å². The fourth-order valence-electron chi connectivity index (χ4n) is 3.90. The molecule has 1 amide bonds. The molecular formula is C26H22N2O4. The quantitative estimate of drug-likeness (QED) is 0.428. The average molecular weight is 426 g/mol. The van der Waals surface area contributed by atoms with E-state index in [-0.39, 0.29) is 23.5 Å². The van der Waals surface area contributed by atoms with Gasteiger partial charge < -0.3 is 15.0 Å². The van der Waals surface area contributed by atoms with Gasteiger partial charge in [-0.2, -0.15) is 0 Å². The van der Waals surface area contributed by atoms with Gasteiger partial charge in [0.2, 0.25) is 0 Å². The second-order valence-corrected chi connectivity index (χ2v) is 7.58. The van der Waals surface area contributed by atoms with Crippen LogP contribution in [0.2, 0.25) is 0 Å². The minimum atomic E-state index is -1.18. The number of H-pyrrole nitrogens is 1. The van der Waals surface area contributed by atoms with Gasteiger partial charge in [0, 0.05) is 41.7 Å². The Bertz CT molecular complexity index is 1290. The summed E-state index contributed by atoms with van der Waals surface area (Å²) in [7, 11) is 1.58. The number of ketones is 1. The molecule has 1 aromatic heterocycles. The number of aromatic amines is 1. The lowest BCUT2D eigenvalue weighted by Gasteiger charge is -2.28. The first-order valence-corrected chi connectivity index (χ1v) is 10.2. The molecule has 0 fully saturated rings. The lowest BCUT2D eigenvalue weighted by atomic mass is 9.93. The minimum Gasteiger partial charge on any atom is -0.478 e. The number of carbonyl (C=O) groups is 3. The van der Waals surface area contributed by atoms with Gasteiger partial charge >= 0.3 is 5.97 Å². The van der Waals surface area contributed by atoms with E-state index in [1.807, 2.05) is 36.5 Å². The zero-order valence-electron chi connectivity index (χ0n) is 17.5. The number of amides is 1. The lowest BCUT2D eigenvalue weighted by Crippen LogP contribution is -2.44. The van der Waals surface area contributed by atoms with Crippen molar-refractivity contribution in [3.05, 3.63) is 107 Å². The molecule has 6 nitrogen and oxygen atoms in total. The van der Waals surface area contributed by atoms with Crippen molar-refractivity contribution in [1.82, 2.24) is 9.88 Å². The maximum Gasteiger partial charge on any atom is 0.336 e. The fourth-order valence-corrected chi connectivity index (χ4v) is 3.90. The number of carboxylic acid groups (broad SMARTS) is 1. The van der Waals surface area contributed by atoms with Gasteiger partial charge in [0.1, 0.15) is 0 Å². The summed E-state index contributed by atoms with van der Waals surface area (Å²) < 4.78 is 0. The van der Waals surface area contributed by atoms with E-state index in [1.54, 1.807) is 43.4 Å². The first-order valence-electron chi connectivity index (χ1n) is 10.2. The zero-order chi connectivity index (χ0) is 22.7. The van der Waals surface area contributed by atoms with Gasteiger partial charge in [-0.3, -0.25) is 9.59 Å². The van der Waals surface area contributed by atoms with E-state index >= 15 is 0 Å². The van der Waals surface area contributed by atoms with Crippen molar-refractivity contribution in [1.29, 1.82) is 0 Å². The molecule has 6 heteroatoms. The molecule has 0 saturated heterocycles. The third kappa shape index (κ3) is 4.03. The number of aromatic nitrogens is 1. The van der Waals surface area contributed by atoms with Crippen LogP contribution >= 0.6 is 0 Å². The summed E-state index contributed by atoms with van der Waals surface area (Å²) >= 11 is 0. The van der Waals surface area contributed by atoms with E-state index in [0.717, 1.165) is 16.5 Å². The standard InChI is InChI=1S/C26H22N2O4/c1-28(25(30)17-9-3-2-4-10-17)23(15-18-16-27-22-14-8-7-11-19(18)22)24(29)20-12-5-6-13-21(20)26(31)32/h2-14,16,23,27H,15H2,1H3,(H,31,32)/t23-/m0/s1. The van der Waals surface area contributed by atoms with Crippen LogP contribution in [0.25, 0.3) is 10.9 Å². The number of hydrogen-bond acceptors (Lipinski definition) is 3. The number of aromatic carboxylic acids is 1. The Kier molecular flexibility index (Phi) is 5.85. The molecular weight excluding hydrogens is 404 g/mol. The number of carbonyl (C=O) groups excluding carboxylic acids is 2. The largest absolute Gasteiger partial charge is 0.478 e. The van der Waals surface area contributed by atoms with Crippen LogP contribution < -0.4 is 0 Å². The molecule has 0 aliphatic rings. The normalized spacial score (nSPS) is 11.8. The number of nitrogens with one attached hydrogen (secondary N) is 1. The third-order valence-electron chi connectivity index (χ3n) is 5.62. The van der Waals surface area contributed by atoms with Crippen molar-refractivity contribution in [2.45, 2.75) is 12.5 Å². The molecule has 160 valence electrons. The smallest absolute Gasteiger partial charge is 0.336 e. The monoisotopic (exact) mass is 426 g/mol. The molecule has 0 unspecified atom stereocenters. The highest BCUT2D eigenvalue weighted by Gasteiger charge is 2.31. The van der Waals surface area contributed by atoms with Gasteiger partial charge in [-0.1, -0.05) is 54.6 Å². The molecule has 32 heavy (non-hydrogen) atoms. The second kappa shape index (κ2) is 8.89. The van der Waals surface area contributed by atoms with Gasteiger partial charge in [0.25, 0.3) is 5.91 Å². The average Bonchev–Trinajstić information content (AvgIpc) is 3.24. The Morgan fingerprint density at radius 3 is 2.22 bits per heavy atom. The Morgan fingerprint density at radius 2 is 1.50 bits per heavy atom. The Labute approximate surface area is 185 Å². The number of rotatable bonds is 7. The summed E-state index contributed by atoms with van der Waals surface area (Å²) in [5.41, 5.74) is 2.26. The highest BCUT2D eigenvalue weighted by atomic mass is 16.4. The Balaban J connectivity index is 1.76. The summed E-state index contributed by atoms with van der Waals surface area (Å²) in [6.45, 7) is 0. The predicted octanol–water partition coefficient (Wildman–Crippen LogP) is 4.43.